The second-order valence-corrected chi connectivity index (χ2v) is 6.55. The van der Waals surface area contributed by atoms with E-state index in [0.29, 0.717) is 18.7 Å². The zero-order chi connectivity index (χ0) is 19.9. The first-order valence-corrected chi connectivity index (χ1v) is 9.26. The Morgan fingerprint density at radius 2 is 1.50 bits per heavy atom. The lowest BCUT2D eigenvalue weighted by Crippen LogP contribution is -2.35. The minimum Gasteiger partial charge on any atom is -0.354 e. The predicted molar refractivity (Wildman–Crippen MR) is 109 cm³/mol. The molecule has 2 amide bonds. The number of benzene rings is 2. The highest BCUT2D eigenvalue weighted by atomic mass is 16.2. The van der Waals surface area contributed by atoms with E-state index >= 15 is 0 Å². The molecule has 0 aliphatic carbocycles. The van der Waals surface area contributed by atoms with E-state index in [4.69, 9.17) is 0 Å². The van der Waals surface area contributed by atoms with Crippen LogP contribution in [0.1, 0.15) is 27.3 Å². The van der Waals surface area contributed by atoms with Crippen molar-refractivity contribution in [1.29, 1.82) is 0 Å². The highest BCUT2D eigenvalue weighted by Crippen LogP contribution is 2.18. The van der Waals surface area contributed by atoms with Gasteiger partial charge in [-0.05, 0) is 38.1 Å². The number of nitrogens with zero attached hydrogens (tertiary/aromatic N) is 2. The van der Waals surface area contributed by atoms with E-state index in [1.807, 2.05) is 67.1 Å². The summed E-state index contributed by atoms with van der Waals surface area (Å²) >= 11 is 0. The van der Waals surface area contributed by atoms with Gasteiger partial charge < -0.3 is 10.6 Å². The van der Waals surface area contributed by atoms with Gasteiger partial charge in [-0.3, -0.25) is 9.59 Å². The van der Waals surface area contributed by atoms with Gasteiger partial charge in [0, 0.05) is 29.9 Å². The summed E-state index contributed by atoms with van der Waals surface area (Å²) < 4.78 is 1.86. The van der Waals surface area contributed by atoms with Gasteiger partial charge in [0.05, 0.1) is 17.8 Å². The van der Waals surface area contributed by atoms with Crippen molar-refractivity contribution in [2.75, 3.05) is 13.1 Å². The van der Waals surface area contributed by atoms with Crippen LogP contribution in [0.3, 0.4) is 0 Å². The number of aromatic nitrogens is 2. The predicted octanol–water partition coefficient (Wildman–Crippen LogP) is 2.58. The van der Waals surface area contributed by atoms with Crippen molar-refractivity contribution in [3.8, 4) is 5.69 Å². The first kappa shape index (κ1) is 19.4. The Hall–Kier alpha value is -3.41. The maximum atomic E-state index is 12.3. The fraction of sp³-hybridized carbons (Fsp3) is 0.227. The summed E-state index contributed by atoms with van der Waals surface area (Å²) in [5.74, 6) is -0.238. The third-order valence-corrected chi connectivity index (χ3v) is 4.55. The molecule has 3 rings (SSSR count). The molecule has 0 radical (unpaired) electrons. The molecule has 3 aromatic rings. The zero-order valence-electron chi connectivity index (χ0n) is 16.1. The van der Waals surface area contributed by atoms with E-state index in [0.717, 1.165) is 22.6 Å². The Labute approximate surface area is 164 Å². The molecule has 1 aromatic heterocycles. The van der Waals surface area contributed by atoms with Crippen LogP contribution in [0.25, 0.3) is 5.69 Å². The minimum absolute atomic E-state index is 0.0900. The number of hydrogen-bond acceptors (Lipinski definition) is 3. The summed E-state index contributed by atoms with van der Waals surface area (Å²) in [5.41, 5.74) is 4.30. The van der Waals surface area contributed by atoms with Crippen molar-refractivity contribution in [2.45, 2.75) is 20.3 Å². The molecule has 144 valence electrons. The fourth-order valence-corrected chi connectivity index (χ4v) is 3.04. The van der Waals surface area contributed by atoms with Crippen LogP contribution in [0.5, 0.6) is 0 Å². The third kappa shape index (κ3) is 4.65. The van der Waals surface area contributed by atoms with Gasteiger partial charge in [0.2, 0.25) is 5.91 Å². The Morgan fingerprint density at radius 1 is 0.893 bits per heavy atom. The summed E-state index contributed by atoms with van der Waals surface area (Å²) in [4.78, 5) is 24.3. The van der Waals surface area contributed by atoms with Crippen LogP contribution in [-0.2, 0) is 11.2 Å². The molecule has 2 aromatic carbocycles. The van der Waals surface area contributed by atoms with Crippen LogP contribution in [0.15, 0.2) is 60.7 Å². The number of amides is 2. The van der Waals surface area contributed by atoms with E-state index in [1.165, 1.54) is 0 Å². The SMILES string of the molecule is Cc1nn(-c2ccccc2)c(C)c1CC(=O)NCCNC(=O)c1ccccc1. The van der Waals surface area contributed by atoms with Gasteiger partial charge in [0.25, 0.3) is 5.91 Å². The summed E-state index contributed by atoms with van der Waals surface area (Å²) in [6.07, 6.45) is 0.261. The van der Waals surface area contributed by atoms with Gasteiger partial charge >= 0.3 is 0 Å². The molecule has 0 aliphatic rings. The van der Waals surface area contributed by atoms with E-state index in [9.17, 15) is 9.59 Å². The number of nitrogens with one attached hydrogen (secondary N) is 2. The zero-order valence-corrected chi connectivity index (χ0v) is 16.1. The molecule has 0 atom stereocenters. The highest BCUT2D eigenvalue weighted by molar-refractivity contribution is 5.94. The number of aryl methyl sites for hydroxylation is 1. The lowest BCUT2D eigenvalue weighted by Gasteiger charge is -2.08. The summed E-state index contributed by atoms with van der Waals surface area (Å²) in [6, 6.07) is 18.9. The maximum Gasteiger partial charge on any atom is 0.251 e. The normalized spacial score (nSPS) is 10.5. The summed E-state index contributed by atoms with van der Waals surface area (Å²) in [7, 11) is 0. The van der Waals surface area contributed by atoms with E-state index in [-0.39, 0.29) is 18.2 Å². The lowest BCUT2D eigenvalue weighted by atomic mass is 10.1. The van der Waals surface area contributed by atoms with Gasteiger partial charge in [-0.15, -0.1) is 0 Å². The molecule has 0 fully saturated rings. The second kappa shape index (κ2) is 8.99. The third-order valence-electron chi connectivity index (χ3n) is 4.55. The van der Waals surface area contributed by atoms with Crippen LogP contribution >= 0.6 is 0 Å². The Bertz CT molecular complexity index is 949. The molecule has 0 aliphatic heterocycles. The van der Waals surface area contributed by atoms with E-state index < -0.39 is 0 Å². The number of carbonyl (C=O) groups excluding carboxylic acids is 2. The lowest BCUT2D eigenvalue weighted by molar-refractivity contribution is -0.120. The standard InChI is InChI=1S/C22H24N4O2/c1-16-20(17(2)26(25-16)19-11-7-4-8-12-19)15-21(27)23-13-14-24-22(28)18-9-5-3-6-10-18/h3-12H,13-15H2,1-2H3,(H,23,27)(H,24,28). The molecule has 0 saturated carbocycles. The van der Waals surface area contributed by atoms with Crippen LogP contribution in [0, 0.1) is 13.8 Å². The van der Waals surface area contributed by atoms with Crippen LogP contribution in [0.4, 0.5) is 0 Å². The summed E-state index contributed by atoms with van der Waals surface area (Å²) in [6.45, 7) is 4.63. The van der Waals surface area contributed by atoms with Crippen molar-refractivity contribution in [2.24, 2.45) is 0 Å². The molecule has 6 heteroatoms. The fourth-order valence-electron chi connectivity index (χ4n) is 3.04. The molecule has 0 unspecified atom stereocenters. The average molecular weight is 376 g/mol. The van der Waals surface area contributed by atoms with Crippen molar-refractivity contribution in [3.05, 3.63) is 83.2 Å². The van der Waals surface area contributed by atoms with Crippen molar-refractivity contribution in [1.82, 2.24) is 20.4 Å². The number of carbonyl (C=O) groups is 2. The molecule has 28 heavy (non-hydrogen) atoms. The van der Waals surface area contributed by atoms with E-state index in [2.05, 4.69) is 15.7 Å². The first-order chi connectivity index (χ1) is 13.6. The quantitative estimate of drug-likeness (QED) is 0.622. The molecular weight excluding hydrogens is 352 g/mol. The molecule has 0 spiro atoms. The molecule has 6 nitrogen and oxygen atoms in total. The molecule has 0 bridgehead atoms. The van der Waals surface area contributed by atoms with Gasteiger partial charge in [0.1, 0.15) is 0 Å². The van der Waals surface area contributed by atoms with Crippen LogP contribution in [0.2, 0.25) is 0 Å². The molecule has 1 heterocycles. The Morgan fingerprint density at radius 3 is 2.18 bits per heavy atom. The second-order valence-electron chi connectivity index (χ2n) is 6.55. The van der Waals surface area contributed by atoms with Crippen LogP contribution < -0.4 is 10.6 Å². The monoisotopic (exact) mass is 376 g/mol. The topological polar surface area (TPSA) is 76.0 Å². The Balaban J connectivity index is 1.51. The van der Waals surface area contributed by atoms with Gasteiger partial charge in [-0.1, -0.05) is 36.4 Å². The van der Waals surface area contributed by atoms with Crippen molar-refractivity contribution < 1.29 is 9.59 Å². The van der Waals surface area contributed by atoms with E-state index in [1.54, 1.807) is 12.1 Å². The molecule has 0 saturated heterocycles. The molecule has 2 N–H and O–H groups in total. The van der Waals surface area contributed by atoms with Gasteiger partial charge in [-0.2, -0.15) is 5.10 Å². The average Bonchev–Trinajstić information content (AvgIpc) is 3.00. The smallest absolute Gasteiger partial charge is 0.251 e. The number of para-hydroxylation sites is 1. The first-order valence-electron chi connectivity index (χ1n) is 9.26. The van der Waals surface area contributed by atoms with Crippen molar-refractivity contribution >= 4 is 11.8 Å². The largest absolute Gasteiger partial charge is 0.354 e. The molecular formula is C22H24N4O2. The number of rotatable bonds is 7. The van der Waals surface area contributed by atoms with Crippen LogP contribution in [-0.4, -0.2) is 34.7 Å². The maximum absolute atomic E-state index is 12.3. The Kier molecular flexibility index (Phi) is 6.22. The van der Waals surface area contributed by atoms with Crippen molar-refractivity contribution in [3.63, 3.8) is 0 Å². The minimum atomic E-state index is -0.148. The summed E-state index contributed by atoms with van der Waals surface area (Å²) in [5, 5.41) is 10.2. The number of hydrogen-bond donors (Lipinski definition) is 2. The van der Waals surface area contributed by atoms with Gasteiger partial charge in [-0.25, -0.2) is 4.68 Å². The van der Waals surface area contributed by atoms with Gasteiger partial charge in [0.15, 0.2) is 0 Å². The highest BCUT2D eigenvalue weighted by Gasteiger charge is 2.15.